The fourth-order valence-electron chi connectivity index (χ4n) is 3.70. The van der Waals surface area contributed by atoms with Crippen LogP contribution in [0.1, 0.15) is 40.5 Å². The highest BCUT2D eigenvalue weighted by molar-refractivity contribution is 5.97. The maximum Gasteiger partial charge on any atom is 0.266 e. The second-order valence-electron chi connectivity index (χ2n) is 7.61. The number of hydrogen-bond acceptors (Lipinski definition) is 4. The average molecular weight is 330 g/mol. The van der Waals surface area contributed by atoms with Gasteiger partial charge in [-0.15, -0.1) is 13.2 Å². The third-order valence-corrected chi connectivity index (χ3v) is 4.42. The van der Waals surface area contributed by atoms with Crippen molar-refractivity contribution in [2.24, 2.45) is 5.73 Å². The summed E-state index contributed by atoms with van der Waals surface area (Å²) in [5, 5.41) is 9.54. The molecule has 1 amide bonds. The maximum atomic E-state index is 12.7. The quantitative estimate of drug-likeness (QED) is 0.461. The largest absolute Gasteiger partial charge is 0.366 e. The van der Waals surface area contributed by atoms with Crippen LogP contribution in [0.15, 0.2) is 37.1 Å². The Morgan fingerprint density at radius 3 is 2.08 bits per heavy atom. The van der Waals surface area contributed by atoms with Gasteiger partial charge in [-0.2, -0.15) is 5.26 Å². The Kier molecular flexibility index (Phi) is 6.39. The molecule has 0 radical (unpaired) electrons. The summed E-state index contributed by atoms with van der Waals surface area (Å²) in [6, 6.07) is 2.17. The zero-order valence-corrected chi connectivity index (χ0v) is 15.4. The van der Waals surface area contributed by atoms with Crippen LogP contribution in [0.4, 0.5) is 0 Å². The van der Waals surface area contributed by atoms with Gasteiger partial charge in [0.1, 0.15) is 11.6 Å². The summed E-state index contributed by atoms with van der Waals surface area (Å²) in [6.07, 6.45) is 6.60. The van der Waals surface area contributed by atoms with E-state index in [9.17, 15) is 10.1 Å². The van der Waals surface area contributed by atoms with Gasteiger partial charge < -0.3 is 15.5 Å². The zero-order valence-electron chi connectivity index (χ0n) is 15.4. The van der Waals surface area contributed by atoms with Crippen molar-refractivity contribution in [3.63, 3.8) is 0 Å². The summed E-state index contributed by atoms with van der Waals surface area (Å²) in [5.74, 6) is -0.307. The topological polar surface area (TPSA) is 73.4 Å². The van der Waals surface area contributed by atoms with Crippen LogP contribution in [0, 0.1) is 11.3 Å². The van der Waals surface area contributed by atoms with Gasteiger partial charge in [-0.05, 0) is 40.5 Å². The van der Waals surface area contributed by atoms with Crippen molar-refractivity contribution in [2.45, 2.75) is 57.7 Å². The fraction of sp³-hybridized carbons (Fsp3) is 0.579. The van der Waals surface area contributed by atoms with E-state index >= 15 is 0 Å². The Bertz CT molecular complexity index is 540. The van der Waals surface area contributed by atoms with Crippen LogP contribution in [0.5, 0.6) is 0 Å². The van der Waals surface area contributed by atoms with Crippen molar-refractivity contribution in [3.8, 4) is 6.07 Å². The zero-order chi connectivity index (χ0) is 18.5. The van der Waals surface area contributed by atoms with Crippen molar-refractivity contribution >= 4 is 5.91 Å². The van der Waals surface area contributed by atoms with E-state index < -0.39 is 0 Å². The van der Waals surface area contributed by atoms with Crippen molar-refractivity contribution in [1.29, 1.82) is 5.26 Å². The van der Waals surface area contributed by atoms with Crippen LogP contribution < -0.4 is 5.73 Å². The molecule has 1 aliphatic heterocycles. The monoisotopic (exact) mass is 330 g/mol. The number of rotatable bonds is 6. The molecule has 0 aromatic heterocycles. The van der Waals surface area contributed by atoms with Crippen molar-refractivity contribution in [1.82, 2.24) is 9.80 Å². The van der Waals surface area contributed by atoms with E-state index in [1.807, 2.05) is 0 Å². The molecule has 0 atom stereocenters. The molecule has 0 aromatic carbocycles. The summed E-state index contributed by atoms with van der Waals surface area (Å²) >= 11 is 0. The van der Waals surface area contributed by atoms with Crippen LogP contribution in [0.3, 0.4) is 0 Å². The lowest BCUT2D eigenvalue weighted by Crippen LogP contribution is -2.61. The van der Waals surface area contributed by atoms with Crippen LogP contribution in [0.25, 0.3) is 0 Å². The van der Waals surface area contributed by atoms with Gasteiger partial charge in [-0.25, -0.2) is 0 Å². The van der Waals surface area contributed by atoms with Crippen LogP contribution in [-0.2, 0) is 4.79 Å². The van der Waals surface area contributed by atoms with Gasteiger partial charge in [0.2, 0.25) is 0 Å². The van der Waals surface area contributed by atoms with Crippen molar-refractivity contribution in [2.75, 3.05) is 13.1 Å². The lowest BCUT2D eigenvalue weighted by molar-refractivity contribution is -0.125. The van der Waals surface area contributed by atoms with Gasteiger partial charge in [0.05, 0.1) is 0 Å². The molecule has 0 saturated carbocycles. The lowest BCUT2D eigenvalue weighted by atomic mass is 9.77. The van der Waals surface area contributed by atoms with E-state index in [0.717, 1.165) is 12.8 Å². The highest BCUT2D eigenvalue weighted by Gasteiger charge is 2.43. The third-order valence-electron chi connectivity index (χ3n) is 4.42. The Morgan fingerprint density at radius 1 is 1.25 bits per heavy atom. The van der Waals surface area contributed by atoms with Crippen LogP contribution in [0.2, 0.25) is 0 Å². The van der Waals surface area contributed by atoms with Gasteiger partial charge in [0.25, 0.3) is 5.91 Å². The van der Waals surface area contributed by atoms with Crippen molar-refractivity contribution in [3.05, 3.63) is 37.1 Å². The molecule has 24 heavy (non-hydrogen) atoms. The standard InChI is InChI=1S/C19H30N4O/c1-7-9-22(10-8-2)17(24)15(13-20)14-23-18(3,4)11-16(21)12-19(23,5)6/h7-8,14,16H,1-2,9-12,21H2,3-6H3/b15-14-. The Hall–Kier alpha value is -2.06. The summed E-state index contributed by atoms with van der Waals surface area (Å²) in [7, 11) is 0. The minimum absolute atomic E-state index is 0.110. The molecule has 1 fully saturated rings. The van der Waals surface area contributed by atoms with E-state index in [2.05, 4.69) is 51.8 Å². The van der Waals surface area contributed by atoms with E-state index in [0.29, 0.717) is 13.1 Å². The normalized spacial score (nSPS) is 20.2. The second-order valence-corrected chi connectivity index (χ2v) is 7.61. The summed E-state index contributed by atoms with van der Waals surface area (Å²) in [4.78, 5) is 16.4. The lowest BCUT2D eigenvalue weighted by Gasteiger charge is -2.54. The molecule has 2 N–H and O–H groups in total. The highest BCUT2D eigenvalue weighted by Crippen LogP contribution is 2.38. The highest BCUT2D eigenvalue weighted by atomic mass is 16.2. The van der Waals surface area contributed by atoms with Gasteiger partial charge in [-0.1, -0.05) is 12.2 Å². The first-order valence-electron chi connectivity index (χ1n) is 8.27. The SMILES string of the molecule is C=CCN(CC=C)C(=O)/C(C#N)=C\N1C(C)(C)CC(N)CC1(C)C. The number of piperidine rings is 1. The van der Waals surface area contributed by atoms with E-state index in [-0.39, 0.29) is 28.6 Å². The second kappa shape index (κ2) is 7.67. The molecule has 0 unspecified atom stereocenters. The number of nitriles is 1. The van der Waals surface area contributed by atoms with E-state index in [1.54, 1.807) is 23.3 Å². The Balaban J connectivity index is 3.21. The molecule has 1 rings (SSSR count). The fourth-order valence-corrected chi connectivity index (χ4v) is 3.70. The first-order chi connectivity index (χ1) is 11.1. The predicted molar refractivity (Wildman–Crippen MR) is 97.9 cm³/mol. The molecule has 0 aromatic rings. The Labute approximate surface area is 146 Å². The summed E-state index contributed by atoms with van der Waals surface area (Å²) < 4.78 is 0. The summed E-state index contributed by atoms with van der Waals surface area (Å²) in [5.41, 5.74) is 5.85. The van der Waals surface area contributed by atoms with Crippen LogP contribution >= 0.6 is 0 Å². The van der Waals surface area contributed by atoms with Gasteiger partial charge in [-0.3, -0.25) is 4.79 Å². The minimum Gasteiger partial charge on any atom is -0.366 e. The number of nitrogens with two attached hydrogens (primary N) is 1. The molecule has 0 aliphatic carbocycles. The molecule has 1 heterocycles. The van der Waals surface area contributed by atoms with Crippen LogP contribution in [-0.4, -0.2) is 45.9 Å². The minimum atomic E-state index is -0.307. The van der Waals surface area contributed by atoms with Gasteiger partial charge in [0.15, 0.2) is 0 Å². The number of carbonyl (C=O) groups excluding carboxylic acids is 1. The molecule has 5 nitrogen and oxygen atoms in total. The number of likely N-dealkylation sites (tertiary alicyclic amines) is 1. The molecule has 0 spiro atoms. The average Bonchev–Trinajstić information content (AvgIpc) is 2.44. The number of hydrogen-bond donors (Lipinski definition) is 1. The number of carbonyl (C=O) groups is 1. The first-order valence-corrected chi connectivity index (χ1v) is 8.27. The maximum absolute atomic E-state index is 12.7. The number of nitrogens with zero attached hydrogens (tertiary/aromatic N) is 3. The summed E-state index contributed by atoms with van der Waals surface area (Å²) in [6.45, 7) is 16.5. The Morgan fingerprint density at radius 2 is 1.71 bits per heavy atom. The van der Waals surface area contributed by atoms with Gasteiger partial charge >= 0.3 is 0 Å². The molecule has 132 valence electrons. The van der Waals surface area contributed by atoms with Crippen molar-refractivity contribution < 1.29 is 4.79 Å². The molecule has 1 aliphatic rings. The predicted octanol–water partition coefficient (Wildman–Crippen LogP) is 2.57. The third kappa shape index (κ3) is 4.48. The molecular formula is C19H30N4O. The van der Waals surface area contributed by atoms with E-state index in [1.165, 1.54) is 0 Å². The molecule has 0 bridgehead atoms. The first kappa shape index (κ1) is 20.0. The molecule has 5 heteroatoms. The van der Waals surface area contributed by atoms with E-state index in [4.69, 9.17) is 5.73 Å². The van der Waals surface area contributed by atoms with Gasteiger partial charge in [0, 0.05) is 36.4 Å². The molecule has 1 saturated heterocycles. The smallest absolute Gasteiger partial charge is 0.266 e. The molecular weight excluding hydrogens is 300 g/mol. The number of amides is 1.